The Kier molecular flexibility index (Phi) is 4.85. The van der Waals surface area contributed by atoms with E-state index >= 15 is 0 Å². The molecule has 0 unspecified atom stereocenters. The van der Waals surface area contributed by atoms with Crippen LogP contribution in [0, 0.1) is 12.7 Å². The van der Waals surface area contributed by atoms with Crippen LogP contribution in [0.2, 0.25) is 0 Å². The SMILES string of the molecule is COCc1c(C(=O)Nc2ccc(F)cc2)nnn1-c1cccc(C)c1. The van der Waals surface area contributed by atoms with E-state index in [1.54, 1.807) is 4.68 Å². The fraction of sp³-hybridized carbons (Fsp3) is 0.167. The molecular formula is C18H17FN4O2. The molecule has 0 aliphatic carbocycles. The summed E-state index contributed by atoms with van der Waals surface area (Å²) in [5.41, 5.74) is 3.02. The van der Waals surface area contributed by atoms with Crippen LogP contribution in [0.5, 0.6) is 0 Å². The molecule has 1 aromatic heterocycles. The minimum absolute atomic E-state index is 0.160. The predicted molar refractivity (Wildman–Crippen MR) is 91.2 cm³/mol. The van der Waals surface area contributed by atoms with Gasteiger partial charge >= 0.3 is 0 Å². The number of benzene rings is 2. The van der Waals surface area contributed by atoms with Crippen LogP contribution < -0.4 is 5.32 Å². The summed E-state index contributed by atoms with van der Waals surface area (Å²) < 4.78 is 19.8. The smallest absolute Gasteiger partial charge is 0.278 e. The minimum atomic E-state index is -0.433. The Hall–Kier alpha value is -3.06. The maximum absolute atomic E-state index is 13.0. The Morgan fingerprint density at radius 1 is 1.24 bits per heavy atom. The first-order chi connectivity index (χ1) is 12.1. The normalized spacial score (nSPS) is 10.7. The van der Waals surface area contributed by atoms with Crippen molar-refractivity contribution in [3.05, 3.63) is 71.3 Å². The van der Waals surface area contributed by atoms with Crippen molar-refractivity contribution in [2.24, 2.45) is 0 Å². The lowest BCUT2D eigenvalue weighted by Gasteiger charge is -2.08. The van der Waals surface area contributed by atoms with Crippen molar-refractivity contribution in [1.82, 2.24) is 15.0 Å². The molecule has 0 spiro atoms. The second kappa shape index (κ2) is 7.23. The molecule has 0 aliphatic rings. The van der Waals surface area contributed by atoms with Crippen molar-refractivity contribution in [1.29, 1.82) is 0 Å². The number of carbonyl (C=O) groups is 1. The molecule has 1 amide bonds. The number of halogens is 1. The van der Waals surface area contributed by atoms with Crippen LogP contribution in [0.4, 0.5) is 10.1 Å². The van der Waals surface area contributed by atoms with Gasteiger partial charge in [0.1, 0.15) is 11.5 Å². The number of carbonyl (C=O) groups excluding carboxylic acids is 1. The summed E-state index contributed by atoms with van der Waals surface area (Å²) in [6.45, 7) is 2.14. The lowest BCUT2D eigenvalue weighted by Crippen LogP contribution is -2.16. The van der Waals surface area contributed by atoms with Crippen LogP contribution in [0.15, 0.2) is 48.5 Å². The first kappa shape index (κ1) is 16.8. The highest BCUT2D eigenvalue weighted by molar-refractivity contribution is 6.03. The molecule has 1 N–H and O–H groups in total. The van der Waals surface area contributed by atoms with Crippen LogP contribution in [0.3, 0.4) is 0 Å². The van der Waals surface area contributed by atoms with Gasteiger partial charge in [0.25, 0.3) is 5.91 Å². The first-order valence-corrected chi connectivity index (χ1v) is 7.66. The molecule has 0 atom stereocenters. The first-order valence-electron chi connectivity index (χ1n) is 7.66. The van der Waals surface area contributed by atoms with Crippen LogP contribution in [-0.2, 0) is 11.3 Å². The number of hydrogen-bond donors (Lipinski definition) is 1. The zero-order valence-electron chi connectivity index (χ0n) is 13.9. The minimum Gasteiger partial charge on any atom is -0.378 e. The van der Waals surface area contributed by atoms with Crippen LogP contribution in [-0.4, -0.2) is 28.0 Å². The van der Waals surface area contributed by atoms with Crippen molar-refractivity contribution in [2.45, 2.75) is 13.5 Å². The second-order valence-corrected chi connectivity index (χ2v) is 5.53. The molecular weight excluding hydrogens is 323 g/mol. The number of ether oxygens (including phenoxy) is 1. The van der Waals surface area contributed by atoms with Gasteiger partial charge in [-0.3, -0.25) is 4.79 Å². The summed E-state index contributed by atoms with van der Waals surface area (Å²) in [5.74, 6) is -0.805. The van der Waals surface area contributed by atoms with E-state index in [-0.39, 0.29) is 18.1 Å². The van der Waals surface area contributed by atoms with Crippen LogP contribution in [0.25, 0.3) is 5.69 Å². The Balaban J connectivity index is 1.93. The van der Waals surface area contributed by atoms with E-state index in [1.165, 1.54) is 31.4 Å². The van der Waals surface area contributed by atoms with Gasteiger partial charge in [0.15, 0.2) is 5.69 Å². The Morgan fingerprint density at radius 2 is 2.00 bits per heavy atom. The lowest BCUT2D eigenvalue weighted by atomic mass is 10.2. The van der Waals surface area contributed by atoms with E-state index in [4.69, 9.17) is 4.74 Å². The summed E-state index contributed by atoms with van der Waals surface area (Å²) in [6, 6.07) is 13.2. The molecule has 3 rings (SSSR count). The number of amides is 1. The summed E-state index contributed by atoms with van der Waals surface area (Å²) in [5, 5.41) is 10.8. The standard InChI is InChI=1S/C18H17FN4O2/c1-12-4-3-5-15(10-12)23-16(11-25-2)17(21-22-23)18(24)20-14-8-6-13(19)7-9-14/h3-10H,11H2,1-2H3,(H,20,24). The summed E-state index contributed by atoms with van der Waals surface area (Å²) >= 11 is 0. The van der Waals surface area contributed by atoms with Crippen LogP contribution in [0.1, 0.15) is 21.7 Å². The molecule has 1 heterocycles. The topological polar surface area (TPSA) is 69.0 Å². The number of rotatable bonds is 5. The third-order valence-corrected chi connectivity index (χ3v) is 3.61. The largest absolute Gasteiger partial charge is 0.378 e. The van der Waals surface area contributed by atoms with Gasteiger partial charge < -0.3 is 10.1 Å². The third kappa shape index (κ3) is 3.72. The van der Waals surface area contributed by atoms with E-state index < -0.39 is 5.91 Å². The Labute approximate surface area is 144 Å². The molecule has 0 saturated carbocycles. The quantitative estimate of drug-likeness (QED) is 0.775. The molecule has 0 aliphatic heterocycles. The van der Waals surface area contributed by atoms with Crippen molar-refractivity contribution in [2.75, 3.05) is 12.4 Å². The molecule has 128 valence electrons. The van der Waals surface area contributed by atoms with Crippen molar-refractivity contribution in [3.8, 4) is 5.69 Å². The van der Waals surface area contributed by atoms with Gasteiger partial charge in [-0.1, -0.05) is 17.3 Å². The number of aryl methyl sites for hydroxylation is 1. The number of nitrogens with one attached hydrogen (secondary N) is 1. The van der Waals surface area contributed by atoms with Crippen molar-refractivity contribution >= 4 is 11.6 Å². The average Bonchev–Trinajstić information content (AvgIpc) is 3.01. The van der Waals surface area contributed by atoms with Crippen LogP contribution >= 0.6 is 0 Å². The molecule has 25 heavy (non-hydrogen) atoms. The van der Waals surface area contributed by atoms with Gasteiger partial charge in [-0.15, -0.1) is 5.10 Å². The van der Waals surface area contributed by atoms with Crippen molar-refractivity contribution in [3.63, 3.8) is 0 Å². The Bertz CT molecular complexity index is 890. The van der Waals surface area contributed by atoms with E-state index in [9.17, 15) is 9.18 Å². The average molecular weight is 340 g/mol. The fourth-order valence-corrected chi connectivity index (χ4v) is 2.43. The van der Waals surface area contributed by atoms with Gasteiger partial charge in [-0.2, -0.15) is 0 Å². The molecule has 0 saturated heterocycles. The van der Waals surface area contributed by atoms with Gasteiger partial charge in [0, 0.05) is 12.8 Å². The summed E-state index contributed by atoms with van der Waals surface area (Å²) in [7, 11) is 1.54. The van der Waals surface area contributed by atoms with E-state index in [0.29, 0.717) is 11.4 Å². The van der Waals surface area contributed by atoms with Gasteiger partial charge in [0.05, 0.1) is 12.3 Å². The third-order valence-electron chi connectivity index (χ3n) is 3.61. The van der Waals surface area contributed by atoms with E-state index in [1.807, 2.05) is 31.2 Å². The number of nitrogens with zero attached hydrogens (tertiary/aromatic N) is 3. The molecule has 0 bridgehead atoms. The summed E-state index contributed by atoms with van der Waals surface area (Å²) in [4.78, 5) is 12.5. The monoisotopic (exact) mass is 340 g/mol. The summed E-state index contributed by atoms with van der Waals surface area (Å²) in [6.07, 6.45) is 0. The van der Waals surface area contributed by atoms with Gasteiger partial charge in [-0.05, 0) is 48.9 Å². The fourth-order valence-electron chi connectivity index (χ4n) is 2.43. The molecule has 2 aromatic carbocycles. The van der Waals surface area contributed by atoms with E-state index in [2.05, 4.69) is 15.6 Å². The Morgan fingerprint density at radius 3 is 2.68 bits per heavy atom. The maximum Gasteiger partial charge on any atom is 0.278 e. The molecule has 7 heteroatoms. The van der Waals surface area contributed by atoms with Crippen molar-refractivity contribution < 1.29 is 13.9 Å². The van der Waals surface area contributed by atoms with E-state index in [0.717, 1.165) is 11.3 Å². The molecule has 0 radical (unpaired) electrons. The zero-order valence-corrected chi connectivity index (χ0v) is 13.9. The highest BCUT2D eigenvalue weighted by Crippen LogP contribution is 2.17. The molecule has 3 aromatic rings. The lowest BCUT2D eigenvalue weighted by molar-refractivity contribution is 0.101. The number of aromatic nitrogens is 3. The highest BCUT2D eigenvalue weighted by Gasteiger charge is 2.20. The number of anilines is 1. The molecule has 6 nitrogen and oxygen atoms in total. The van der Waals surface area contributed by atoms with Gasteiger partial charge in [0.2, 0.25) is 0 Å². The van der Waals surface area contributed by atoms with Gasteiger partial charge in [-0.25, -0.2) is 9.07 Å². The number of hydrogen-bond acceptors (Lipinski definition) is 4. The molecule has 0 fully saturated rings. The zero-order chi connectivity index (χ0) is 17.8. The maximum atomic E-state index is 13.0. The second-order valence-electron chi connectivity index (χ2n) is 5.53. The predicted octanol–water partition coefficient (Wildman–Crippen LogP) is 3.11. The number of methoxy groups -OCH3 is 1. The highest BCUT2D eigenvalue weighted by atomic mass is 19.1.